The first-order valence-electron chi connectivity index (χ1n) is 15.8. The van der Waals surface area contributed by atoms with Gasteiger partial charge in [0.05, 0.1) is 18.3 Å². The smallest absolute Gasteiger partial charge is 0.225 e. The van der Waals surface area contributed by atoms with E-state index in [2.05, 4.69) is 42.5 Å². The lowest BCUT2D eigenvalue weighted by Gasteiger charge is -2.32. The molecule has 1 aliphatic heterocycles. The van der Waals surface area contributed by atoms with E-state index in [9.17, 15) is 0 Å². The van der Waals surface area contributed by atoms with Crippen LogP contribution in [0.25, 0.3) is 10.9 Å². The van der Waals surface area contributed by atoms with Gasteiger partial charge in [-0.15, -0.1) is 5.10 Å². The molecule has 1 saturated heterocycles. The lowest BCUT2D eigenvalue weighted by Crippen LogP contribution is -2.41. The van der Waals surface area contributed by atoms with Gasteiger partial charge in [0, 0.05) is 50.2 Å². The summed E-state index contributed by atoms with van der Waals surface area (Å²) in [6.45, 7) is 8.35. The average molecular weight is 564 g/mol. The Hall–Kier alpha value is -2.86. The Kier molecular flexibility index (Phi) is 11.5. The Bertz CT molecular complexity index is 1170. The van der Waals surface area contributed by atoms with Crippen LogP contribution in [0.2, 0.25) is 0 Å². The van der Waals surface area contributed by atoms with Crippen LogP contribution in [0, 0.1) is 0 Å². The summed E-state index contributed by atoms with van der Waals surface area (Å²) in [6, 6.07) is 9.32. The zero-order chi connectivity index (χ0) is 28.1. The first-order chi connectivity index (χ1) is 20.3. The second-order valence-electron chi connectivity index (χ2n) is 11.5. The molecular formula is C30H49N11. The van der Waals surface area contributed by atoms with E-state index in [1.165, 1.54) is 38.5 Å². The van der Waals surface area contributed by atoms with E-state index in [0.29, 0.717) is 25.1 Å². The lowest BCUT2D eigenvalue weighted by atomic mass is 9.95. The van der Waals surface area contributed by atoms with Crippen molar-refractivity contribution in [3.63, 3.8) is 0 Å². The largest absolute Gasteiger partial charge is 0.367 e. The van der Waals surface area contributed by atoms with Crippen LogP contribution >= 0.6 is 0 Å². The van der Waals surface area contributed by atoms with E-state index >= 15 is 0 Å². The molecule has 11 nitrogen and oxygen atoms in total. The number of benzene rings is 1. The number of nitrogens with one attached hydrogen (secondary N) is 4. The number of nitrogens with two attached hydrogens (primary N) is 1. The number of nitrogens with zero attached hydrogens (tertiary/aromatic N) is 6. The van der Waals surface area contributed by atoms with Crippen LogP contribution in [0.1, 0.15) is 63.5 Å². The van der Waals surface area contributed by atoms with Crippen molar-refractivity contribution in [2.75, 3.05) is 56.4 Å². The van der Waals surface area contributed by atoms with E-state index in [4.69, 9.17) is 15.7 Å². The normalized spacial score (nSPS) is 17.3. The second kappa shape index (κ2) is 16.0. The third-order valence-corrected chi connectivity index (χ3v) is 8.30. The Labute approximate surface area is 244 Å². The molecule has 6 N–H and O–H groups in total. The van der Waals surface area contributed by atoms with Gasteiger partial charge in [0.25, 0.3) is 0 Å². The number of anilines is 2. The molecule has 0 spiro atoms. The van der Waals surface area contributed by atoms with Gasteiger partial charge in [-0.05, 0) is 70.3 Å². The fraction of sp³-hybridized carbons (Fsp3) is 0.667. The SMILES string of the molecule is NCCN1CCC(Nc2nc(NCc3cn(CCCNCCCNC4CCCCC4)nn3)nc3ccccc23)CC1. The first-order valence-corrected chi connectivity index (χ1v) is 15.8. The summed E-state index contributed by atoms with van der Waals surface area (Å²) < 4.78 is 1.93. The topological polar surface area (TPSA) is 134 Å². The Morgan fingerprint density at radius 2 is 1.71 bits per heavy atom. The van der Waals surface area contributed by atoms with Crippen LogP contribution in [0.15, 0.2) is 30.5 Å². The second-order valence-corrected chi connectivity index (χ2v) is 11.5. The van der Waals surface area contributed by atoms with Crippen molar-refractivity contribution in [3.8, 4) is 0 Å². The molecule has 2 fully saturated rings. The maximum absolute atomic E-state index is 5.74. The highest BCUT2D eigenvalue weighted by Crippen LogP contribution is 2.25. The zero-order valence-electron chi connectivity index (χ0n) is 24.5. The molecule has 3 aromatic rings. The van der Waals surface area contributed by atoms with Crippen molar-refractivity contribution in [3.05, 3.63) is 36.2 Å². The molecule has 0 amide bonds. The third-order valence-electron chi connectivity index (χ3n) is 8.30. The van der Waals surface area contributed by atoms with Crippen molar-refractivity contribution in [2.45, 2.75) is 83.0 Å². The fourth-order valence-electron chi connectivity index (χ4n) is 5.96. The summed E-state index contributed by atoms with van der Waals surface area (Å²) >= 11 is 0. The van der Waals surface area contributed by atoms with E-state index in [0.717, 1.165) is 93.5 Å². The Morgan fingerprint density at radius 3 is 2.56 bits per heavy atom. The number of piperidine rings is 1. The van der Waals surface area contributed by atoms with Gasteiger partial charge in [-0.1, -0.05) is 36.6 Å². The minimum Gasteiger partial charge on any atom is -0.367 e. The molecule has 0 radical (unpaired) electrons. The van der Waals surface area contributed by atoms with Crippen LogP contribution in [-0.4, -0.2) is 87.8 Å². The molecule has 0 unspecified atom stereocenters. The van der Waals surface area contributed by atoms with Crippen molar-refractivity contribution < 1.29 is 0 Å². The molecule has 1 aromatic carbocycles. The van der Waals surface area contributed by atoms with E-state index in [1.807, 2.05) is 29.1 Å². The Balaban J connectivity index is 1.03. The number of hydrogen-bond acceptors (Lipinski definition) is 10. The van der Waals surface area contributed by atoms with Gasteiger partial charge in [0.15, 0.2) is 0 Å². The minimum absolute atomic E-state index is 0.391. The molecule has 1 aliphatic carbocycles. The highest BCUT2D eigenvalue weighted by atomic mass is 15.4. The molecule has 224 valence electrons. The summed E-state index contributed by atoms with van der Waals surface area (Å²) in [5, 5.41) is 24.1. The number of aryl methyl sites for hydroxylation is 1. The van der Waals surface area contributed by atoms with Crippen LogP contribution < -0.4 is 27.0 Å². The summed E-state index contributed by atoms with van der Waals surface area (Å²) in [5.41, 5.74) is 7.54. The first kappa shape index (κ1) is 29.6. The summed E-state index contributed by atoms with van der Waals surface area (Å²) in [6.07, 6.45) is 13.3. The van der Waals surface area contributed by atoms with Crippen molar-refractivity contribution in [1.82, 2.24) is 40.5 Å². The number of aromatic nitrogens is 5. The molecule has 5 rings (SSSR count). The predicted molar refractivity (Wildman–Crippen MR) is 166 cm³/mol. The number of para-hydroxylation sites is 1. The molecule has 41 heavy (non-hydrogen) atoms. The number of rotatable bonds is 16. The molecule has 2 aliphatic rings. The molecule has 2 aromatic heterocycles. The lowest BCUT2D eigenvalue weighted by molar-refractivity contribution is 0.224. The monoisotopic (exact) mass is 563 g/mol. The zero-order valence-corrected chi connectivity index (χ0v) is 24.5. The van der Waals surface area contributed by atoms with E-state index in [1.54, 1.807) is 0 Å². The van der Waals surface area contributed by atoms with Crippen LogP contribution in [0.5, 0.6) is 0 Å². The quantitative estimate of drug-likeness (QED) is 0.166. The van der Waals surface area contributed by atoms with Gasteiger partial charge in [-0.3, -0.25) is 4.68 Å². The average Bonchev–Trinajstić information content (AvgIpc) is 3.47. The molecule has 0 atom stereocenters. The van der Waals surface area contributed by atoms with E-state index in [-0.39, 0.29) is 0 Å². The van der Waals surface area contributed by atoms with Crippen molar-refractivity contribution in [2.24, 2.45) is 5.73 Å². The van der Waals surface area contributed by atoms with Crippen molar-refractivity contribution >= 4 is 22.7 Å². The Morgan fingerprint density at radius 1 is 0.878 bits per heavy atom. The highest BCUT2D eigenvalue weighted by Gasteiger charge is 2.20. The number of hydrogen-bond donors (Lipinski definition) is 5. The third kappa shape index (κ3) is 9.32. The van der Waals surface area contributed by atoms with Gasteiger partial charge in [-0.2, -0.15) is 4.98 Å². The summed E-state index contributed by atoms with van der Waals surface area (Å²) in [4.78, 5) is 12.0. The van der Waals surface area contributed by atoms with Gasteiger partial charge in [-0.25, -0.2) is 4.98 Å². The van der Waals surface area contributed by atoms with Gasteiger partial charge >= 0.3 is 0 Å². The number of fused-ring (bicyclic) bond motifs is 1. The van der Waals surface area contributed by atoms with Crippen molar-refractivity contribution in [1.29, 1.82) is 0 Å². The number of likely N-dealkylation sites (tertiary alicyclic amines) is 1. The minimum atomic E-state index is 0.391. The van der Waals surface area contributed by atoms with Crippen LogP contribution in [0.3, 0.4) is 0 Å². The standard InChI is InChI=1S/C30H49N11/c31-14-21-40-19-12-25(13-20-40)35-29-27-10-4-5-11-28(27)36-30(37-29)34-22-26-23-41(39-38-26)18-7-16-32-15-6-17-33-24-8-2-1-3-9-24/h4-5,10-11,23-25,32-33H,1-3,6-9,12-22,31H2,(H2,34,35,36,37). The summed E-state index contributed by atoms with van der Waals surface area (Å²) in [7, 11) is 0. The maximum atomic E-state index is 5.74. The molecule has 11 heteroatoms. The van der Waals surface area contributed by atoms with Gasteiger partial charge in [0.2, 0.25) is 5.95 Å². The maximum Gasteiger partial charge on any atom is 0.225 e. The fourth-order valence-corrected chi connectivity index (χ4v) is 5.96. The van der Waals surface area contributed by atoms with Gasteiger partial charge < -0.3 is 31.9 Å². The molecular weight excluding hydrogens is 514 g/mol. The highest BCUT2D eigenvalue weighted by molar-refractivity contribution is 5.90. The molecule has 0 bridgehead atoms. The van der Waals surface area contributed by atoms with E-state index < -0.39 is 0 Å². The predicted octanol–water partition coefficient (Wildman–Crippen LogP) is 2.96. The molecule has 1 saturated carbocycles. The van der Waals surface area contributed by atoms with Crippen LogP contribution in [-0.2, 0) is 13.1 Å². The van der Waals surface area contributed by atoms with Gasteiger partial charge in [0.1, 0.15) is 11.5 Å². The summed E-state index contributed by atoms with van der Waals surface area (Å²) in [5.74, 6) is 1.49. The molecule has 3 heterocycles. The van der Waals surface area contributed by atoms with Crippen LogP contribution in [0.4, 0.5) is 11.8 Å².